The first-order valence-corrected chi connectivity index (χ1v) is 4.44. The molecule has 0 atom stereocenters. The Morgan fingerprint density at radius 3 is 2.93 bits per heavy atom. The van der Waals surface area contributed by atoms with E-state index in [1.165, 1.54) is 6.07 Å². The van der Waals surface area contributed by atoms with Gasteiger partial charge in [0.25, 0.3) is 0 Å². The molecule has 0 saturated carbocycles. The zero-order chi connectivity index (χ0) is 11.4. The number of halogens is 1. The number of rotatable bonds is 1. The van der Waals surface area contributed by atoms with Crippen molar-refractivity contribution in [2.24, 2.45) is 5.73 Å². The lowest BCUT2D eigenvalue weighted by Crippen LogP contribution is -1.97. The summed E-state index contributed by atoms with van der Waals surface area (Å²) in [5.41, 5.74) is 5.97. The molecule has 78 valence electrons. The first-order valence-electron chi connectivity index (χ1n) is 4.06. The van der Waals surface area contributed by atoms with Gasteiger partial charge in [-0.1, -0.05) is 23.4 Å². The molecule has 1 rings (SSSR count). The molecule has 6 heteroatoms. The molecule has 0 aliphatic carbocycles. The Hall–Kier alpha value is -1.64. The minimum Gasteiger partial charge on any atom is -0.320 e. The van der Waals surface area contributed by atoms with E-state index in [0.717, 1.165) is 0 Å². The predicted molar refractivity (Wildman–Crippen MR) is 56.6 cm³/mol. The summed E-state index contributed by atoms with van der Waals surface area (Å²) in [5.74, 6) is 5.30. The lowest BCUT2D eigenvalue weighted by Gasteiger charge is -1.99. The third-order valence-electron chi connectivity index (χ3n) is 1.67. The Kier molecular flexibility index (Phi) is 3.61. The van der Waals surface area contributed by atoms with E-state index < -0.39 is 4.92 Å². The fraction of sp³-hybridized carbons (Fsp3) is 0.222. The number of nitrogens with two attached hydrogens (primary N) is 1. The van der Waals surface area contributed by atoms with Gasteiger partial charge in [-0.3, -0.25) is 10.1 Å². The molecule has 0 saturated heterocycles. The third-order valence-corrected chi connectivity index (χ3v) is 1.95. The molecule has 0 amide bonds. The number of nitro groups is 1. The smallest absolute Gasteiger partial charge is 0.307 e. The molecule has 1 aromatic rings. The van der Waals surface area contributed by atoms with Crippen LogP contribution < -0.4 is 5.73 Å². The number of aryl methyl sites for hydroxylation is 1. The zero-order valence-corrected chi connectivity index (χ0v) is 8.71. The summed E-state index contributed by atoms with van der Waals surface area (Å²) < 4.78 is 0. The van der Waals surface area contributed by atoms with Crippen LogP contribution >= 0.6 is 11.6 Å². The first-order chi connectivity index (χ1) is 7.06. The van der Waals surface area contributed by atoms with Crippen molar-refractivity contribution in [3.05, 3.63) is 32.6 Å². The minimum atomic E-state index is -0.595. The quantitative estimate of drug-likeness (QED) is 0.338. The molecule has 2 N–H and O–H groups in total. The monoisotopic (exact) mass is 225 g/mol. The largest absolute Gasteiger partial charge is 0.320 e. The first kappa shape index (κ1) is 11.4. The van der Waals surface area contributed by atoms with E-state index >= 15 is 0 Å². The maximum absolute atomic E-state index is 10.6. The molecule has 1 heterocycles. The summed E-state index contributed by atoms with van der Waals surface area (Å²) in [4.78, 5) is 13.8. The Balaban J connectivity index is 3.29. The molecule has 0 bridgehead atoms. The SMILES string of the molecule is Cc1nc(Cl)c([N+](=O)[O-])cc1C#CCN. The number of pyridine rings is 1. The average Bonchev–Trinajstić information content (AvgIpc) is 2.16. The van der Waals surface area contributed by atoms with Crippen LogP contribution in [0.2, 0.25) is 5.15 Å². The molecular weight excluding hydrogens is 218 g/mol. The van der Waals surface area contributed by atoms with Crippen molar-refractivity contribution in [2.45, 2.75) is 6.92 Å². The highest BCUT2D eigenvalue weighted by Crippen LogP contribution is 2.23. The second kappa shape index (κ2) is 4.73. The summed E-state index contributed by atoms with van der Waals surface area (Å²) in [6.07, 6.45) is 0. The fourth-order valence-electron chi connectivity index (χ4n) is 0.966. The predicted octanol–water partition coefficient (Wildman–Crippen LogP) is 1.26. The van der Waals surface area contributed by atoms with Crippen LogP contribution in [0.4, 0.5) is 5.69 Å². The molecule has 0 aromatic carbocycles. The highest BCUT2D eigenvalue weighted by Gasteiger charge is 2.15. The fourth-order valence-corrected chi connectivity index (χ4v) is 1.22. The van der Waals surface area contributed by atoms with E-state index in [1.54, 1.807) is 6.92 Å². The van der Waals surface area contributed by atoms with Gasteiger partial charge in [0.1, 0.15) is 0 Å². The van der Waals surface area contributed by atoms with Crippen molar-refractivity contribution in [3.8, 4) is 11.8 Å². The van der Waals surface area contributed by atoms with Gasteiger partial charge in [0.15, 0.2) is 0 Å². The van der Waals surface area contributed by atoms with Crippen LogP contribution in [-0.2, 0) is 0 Å². The van der Waals surface area contributed by atoms with Crippen molar-refractivity contribution in [1.82, 2.24) is 4.98 Å². The lowest BCUT2D eigenvalue weighted by atomic mass is 10.2. The van der Waals surface area contributed by atoms with Crippen LogP contribution in [0.1, 0.15) is 11.3 Å². The normalized spacial score (nSPS) is 9.27. The van der Waals surface area contributed by atoms with Crippen molar-refractivity contribution in [3.63, 3.8) is 0 Å². The number of nitrogens with zero attached hydrogens (tertiary/aromatic N) is 2. The maximum atomic E-state index is 10.6. The second-order valence-corrected chi connectivity index (χ2v) is 3.05. The maximum Gasteiger partial charge on any atom is 0.307 e. The van der Waals surface area contributed by atoms with Gasteiger partial charge in [0, 0.05) is 6.07 Å². The van der Waals surface area contributed by atoms with Crippen LogP contribution in [0, 0.1) is 28.9 Å². The topological polar surface area (TPSA) is 82.0 Å². The summed E-state index contributed by atoms with van der Waals surface area (Å²) >= 11 is 5.60. The lowest BCUT2D eigenvalue weighted by molar-refractivity contribution is -0.385. The Labute approximate surface area is 91.4 Å². The molecule has 0 unspecified atom stereocenters. The van der Waals surface area contributed by atoms with Gasteiger partial charge < -0.3 is 5.73 Å². The summed E-state index contributed by atoms with van der Waals surface area (Å²) in [6, 6.07) is 1.30. The molecule has 15 heavy (non-hydrogen) atoms. The van der Waals surface area contributed by atoms with Gasteiger partial charge in [-0.2, -0.15) is 0 Å². The standard InChI is InChI=1S/C9H8ClN3O2/c1-6-7(3-2-4-11)5-8(13(14)15)9(10)12-6/h5H,4,11H2,1H3. The highest BCUT2D eigenvalue weighted by atomic mass is 35.5. The van der Waals surface area contributed by atoms with E-state index in [4.69, 9.17) is 17.3 Å². The highest BCUT2D eigenvalue weighted by molar-refractivity contribution is 6.31. The van der Waals surface area contributed by atoms with Crippen LogP contribution in [0.5, 0.6) is 0 Å². The van der Waals surface area contributed by atoms with Crippen molar-refractivity contribution < 1.29 is 4.92 Å². The van der Waals surface area contributed by atoms with Gasteiger partial charge in [-0.15, -0.1) is 0 Å². The van der Waals surface area contributed by atoms with E-state index in [0.29, 0.717) is 11.3 Å². The molecular formula is C9H8ClN3O2. The van der Waals surface area contributed by atoms with Crippen molar-refractivity contribution in [2.75, 3.05) is 6.54 Å². The van der Waals surface area contributed by atoms with E-state index in [2.05, 4.69) is 16.8 Å². The molecule has 0 spiro atoms. The van der Waals surface area contributed by atoms with Crippen molar-refractivity contribution >= 4 is 17.3 Å². The van der Waals surface area contributed by atoms with Crippen molar-refractivity contribution in [1.29, 1.82) is 0 Å². The molecule has 0 radical (unpaired) electrons. The number of hydrogen-bond donors (Lipinski definition) is 1. The van der Waals surface area contributed by atoms with Gasteiger partial charge in [-0.05, 0) is 6.92 Å². The molecule has 0 aliphatic heterocycles. The van der Waals surface area contributed by atoms with E-state index in [9.17, 15) is 10.1 Å². The summed E-state index contributed by atoms with van der Waals surface area (Å²) in [5, 5.41) is 10.4. The molecule has 1 aromatic heterocycles. The van der Waals surface area contributed by atoms with Crippen LogP contribution in [0.3, 0.4) is 0 Å². The molecule has 0 fully saturated rings. The minimum absolute atomic E-state index is 0.129. The van der Waals surface area contributed by atoms with E-state index in [1.807, 2.05) is 0 Å². The van der Waals surface area contributed by atoms with E-state index in [-0.39, 0.29) is 17.4 Å². The second-order valence-electron chi connectivity index (χ2n) is 2.69. The van der Waals surface area contributed by atoms with Gasteiger partial charge in [-0.25, -0.2) is 4.98 Å². The zero-order valence-electron chi connectivity index (χ0n) is 7.95. The number of aromatic nitrogens is 1. The average molecular weight is 226 g/mol. The van der Waals surface area contributed by atoms with Gasteiger partial charge in [0.2, 0.25) is 5.15 Å². The van der Waals surface area contributed by atoms with Crippen LogP contribution in [0.15, 0.2) is 6.07 Å². The third kappa shape index (κ3) is 2.65. The Bertz CT molecular complexity index is 462. The van der Waals surface area contributed by atoms with Crippen LogP contribution in [0.25, 0.3) is 0 Å². The number of hydrogen-bond acceptors (Lipinski definition) is 4. The van der Waals surface area contributed by atoms with Gasteiger partial charge >= 0.3 is 5.69 Å². The Morgan fingerprint density at radius 1 is 1.73 bits per heavy atom. The molecule has 5 nitrogen and oxygen atoms in total. The summed E-state index contributed by atoms with van der Waals surface area (Å²) in [7, 11) is 0. The van der Waals surface area contributed by atoms with Gasteiger partial charge in [0.05, 0.1) is 22.7 Å². The summed E-state index contributed by atoms with van der Waals surface area (Å²) in [6.45, 7) is 1.87. The van der Waals surface area contributed by atoms with Crippen LogP contribution in [-0.4, -0.2) is 16.5 Å². The molecule has 0 aliphatic rings. The Morgan fingerprint density at radius 2 is 2.40 bits per heavy atom.